The van der Waals surface area contributed by atoms with Crippen LogP contribution in [0.4, 0.5) is 4.39 Å². The van der Waals surface area contributed by atoms with Crippen molar-refractivity contribution in [3.8, 4) is 0 Å². The van der Waals surface area contributed by atoms with Crippen LogP contribution in [-0.2, 0) is 0 Å². The molecule has 0 radical (unpaired) electrons. The van der Waals surface area contributed by atoms with Crippen molar-refractivity contribution in [2.45, 2.75) is 6.92 Å². The van der Waals surface area contributed by atoms with E-state index in [2.05, 4.69) is 20.9 Å². The van der Waals surface area contributed by atoms with E-state index in [0.717, 1.165) is 16.5 Å². The van der Waals surface area contributed by atoms with Gasteiger partial charge in [0.15, 0.2) is 5.78 Å². The predicted octanol–water partition coefficient (Wildman–Crippen LogP) is 4.61. The van der Waals surface area contributed by atoms with Crippen molar-refractivity contribution in [3.63, 3.8) is 0 Å². The average Bonchev–Trinajstić information content (AvgIpc) is 2.86. The van der Waals surface area contributed by atoms with Crippen molar-refractivity contribution < 1.29 is 9.18 Å². The molecule has 0 unspecified atom stereocenters. The molecule has 0 aliphatic carbocycles. The minimum atomic E-state index is -0.378. The molecule has 0 amide bonds. The summed E-state index contributed by atoms with van der Waals surface area (Å²) in [5.41, 5.74) is 3.03. The summed E-state index contributed by atoms with van der Waals surface area (Å²) in [6.07, 6.45) is 1.71. The first kappa shape index (κ1) is 13.1. The highest BCUT2D eigenvalue weighted by atomic mass is 79.9. The molecule has 4 heteroatoms. The number of nitrogens with one attached hydrogen (secondary N) is 1. The van der Waals surface area contributed by atoms with Gasteiger partial charge in [-0.05, 0) is 52.7 Å². The molecule has 0 fully saturated rings. The van der Waals surface area contributed by atoms with Gasteiger partial charge in [0, 0.05) is 28.2 Å². The third kappa shape index (κ3) is 2.06. The van der Waals surface area contributed by atoms with Crippen LogP contribution in [0.2, 0.25) is 0 Å². The number of aromatic nitrogens is 1. The monoisotopic (exact) mass is 331 g/mol. The number of hydrogen-bond acceptors (Lipinski definition) is 1. The molecule has 0 bridgehead atoms. The second-order valence-electron chi connectivity index (χ2n) is 4.66. The smallest absolute Gasteiger partial charge is 0.195 e. The highest BCUT2D eigenvalue weighted by molar-refractivity contribution is 9.10. The quantitative estimate of drug-likeness (QED) is 0.683. The van der Waals surface area contributed by atoms with Gasteiger partial charge in [0.2, 0.25) is 0 Å². The molecule has 100 valence electrons. The number of hydrogen-bond donors (Lipinski definition) is 1. The van der Waals surface area contributed by atoms with Gasteiger partial charge in [0.1, 0.15) is 5.82 Å². The summed E-state index contributed by atoms with van der Waals surface area (Å²) in [5.74, 6) is -0.497. The molecular formula is C16H11BrFNO. The second-order valence-corrected chi connectivity index (χ2v) is 5.51. The molecule has 1 N–H and O–H groups in total. The molecule has 20 heavy (non-hydrogen) atoms. The zero-order valence-electron chi connectivity index (χ0n) is 10.7. The van der Waals surface area contributed by atoms with Crippen LogP contribution in [0.3, 0.4) is 0 Å². The van der Waals surface area contributed by atoms with E-state index >= 15 is 0 Å². The molecule has 3 rings (SSSR count). The maximum absolute atomic E-state index is 13.3. The van der Waals surface area contributed by atoms with Crippen molar-refractivity contribution in [2.75, 3.05) is 0 Å². The van der Waals surface area contributed by atoms with Crippen LogP contribution >= 0.6 is 15.9 Å². The molecular weight excluding hydrogens is 321 g/mol. The van der Waals surface area contributed by atoms with Crippen molar-refractivity contribution in [2.24, 2.45) is 0 Å². The zero-order valence-corrected chi connectivity index (χ0v) is 12.3. The van der Waals surface area contributed by atoms with E-state index in [1.165, 1.54) is 18.2 Å². The van der Waals surface area contributed by atoms with Crippen molar-refractivity contribution >= 4 is 32.6 Å². The molecule has 1 heterocycles. The number of halogens is 2. The summed E-state index contributed by atoms with van der Waals surface area (Å²) in [6.45, 7) is 1.97. The van der Waals surface area contributed by atoms with Crippen LogP contribution in [0, 0.1) is 12.7 Å². The van der Waals surface area contributed by atoms with Crippen LogP contribution in [0.25, 0.3) is 10.9 Å². The molecule has 2 aromatic carbocycles. The standard InChI is InChI=1S/C16H11BrFNO/c1-9-3-2-4-14-15(9)11(8-19-14)16(20)10-5-6-13(18)12(17)7-10/h2-8,19H,1H3. The van der Waals surface area contributed by atoms with Crippen LogP contribution in [0.1, 0.15) is 21.5 Å². The Bertz CT molecular complexity index is 822. The highest BCUT2D eigenvalue weighted by Crippen LogP contribution is 2.26. The van der Waals surface area contributed by atoms with E-state index in [1.807, 2.05) is 25.1 Å². The SMILES string of the molecule is Cc1cccc2[nH]cc(C(=O)c3ccc(F)c(Br)c3)c12. The highest BCUT2D eigenvalue weighted by Gasteiger charge is 2.16. The number of H-pyrrole nitrogens is 1. The number of fused-ring (bicyclic) bond motifs is 1. The Morgan fingerprint density at radius 2 is 2.05 bits per heavy atom. The number of aryl methyl sites for hydroxylation is 1. The summed E-state index contributed by atoms with van der Waals surface area (Å²) >= 11 is 3.11. The van der Waals surface area contributed by atoms with Gasteiger partial charge in [-0.3, -0.25) is 4.79 Å². The summed E-state index contributed by atoms with van der Waals surface area (Å²) in [4.78, 5) is 15.7. The summed E-state index contributed by atoms with van der Waals surface area (Å²) < 4.78 is 13.5. The fraction of sp³-hybridized carbons (Fsp3) is 0.0625. The summed E-state index contributed by atoms with van der Waals surface area (Å²) in [7, 11) is 0. The Morgan fingerprint density at radius 1 is 1.25 bits per heavy atom. The lowest BCUT2D eigenvalue weighted by atomic mass is 10.00. The molecule has 3 aromatic rings. The van der Waals surface area contributed by atoms with Gasteiger partial charge in [0.25, 0.3) is 0 Å². The number of aromatic amines is 1. The van der Waals surface area contributed by atoms with E-state index < -0.39 is 0 Å². The van der Waals surface area contributed by atoms with Gasteiger partial charge < -0.3 is 4.98 Å². The molecule has 0 atom stereocenters. The minimum Gasteiger partial charge on any atom is -0.360 e. The number of rotatable bonds is 2. The van der Waals surface area contributed by atoms with Gasteiger partial charge in [-0.1, -0.05) is 12.1 Å². The minimum absolute atomic E-state index is 0.119. The lowest BCUT2D eigenvalue weighted by Crippen LogP contribution is -2.01. The molecule has 0 aliphatic heterocycles. The van der Waals surface area contributed by atoms with E-state index in [9.17, 15) is 9.18 Å². The first-order chi connectivity index (χ1) is 9.58. The first-order valence-corrected chi connectivity index (χ1v) is 6.93. The Balaban J connectivity index is 2.15. The molecule has 1 aromatic heterocycles. The largest absolute Gasteiger partial charge is 0.360 e. The van der Waals surface area contributed by atoms with Gasteiger partial charge in [0.05, 0.1) is 4.47 Å². The number of carbonyl (C=O) groups excluding carboxylic acids is 1. The van der Waals surface area contributed by atoms with Crippen molar-refractivity contribution in [3.05, 3.63) is 69.6 Å². The lowest BCUT2D eigenvalue weighted by molar-refractivity contribution is 0.104. The maximum atomic E-state index is 13.3. The number of carbonyl (C=O) groups is 1. The third-order valence-electron chi connectivity index (χ3n) is 3.34. The van der Waals surface area contributed by atoms with E-state index in [-0.39, 0.29) is 11.6 Å². The van der Waals surface area contributed by atoms with Crippen LogP contribution < -0.4 is 0 Å². The fourth-order valence-corrected chi connectivity index (χ4v) is 2.72. The molecule has 0 saturated carbocycles. The number of ketones is 1. The third-order valence-corrected chi connectivity index (χ3v) is 3.95. The normalized spacial score (nSPS) is 10.9. The Kier molecular flexibility index (Phi) is 3.18. The van der Waals surface area contributed by atoms with E-state index in [4.69, 9.17) is 0 Å². The second kappa shape index (κ2) is 4.87. The van der Waals surface area contributed by atoms with Crippen LogP contribution in [0.5, 0.6) is 0 Å². The zero-order chi connectivity index (χ0) is 14.3. The van der Waals surface area contributed by atoms with Gasteiger partial charge in [-0.2, -0.15) is 0 Å². The molecule has 0 spiro atoms. The summed E-state index contributed by atoms with van der Waals surface area (Å²) in [5, 5.41) is 0.915. The van der Waals surface area contributed by atoms with Gasteiger partial charge >= 0.3 is 0 Å². The molecule has 0 aliphatic rings. The topological polar surface area (TPSA) is 32.9 Å². The van der Waals surface area contributed by atoms with Crippen LogP contribution in [0.15, 0.2) is 47.1 Å². The molecule has 2 nitrogen and oxygen atoms in total. The Labute approximate surface area is 123 Å². The first-order valence-electron chi connectivity index (χ1n) is 6.14. The van der Waals surface area contributed by atoms with Crippen LogP contribution in [-0.4, -0.2) is 10.8 Å². The van der Waals surface area contributed by atoms with E-state index in [0.29, 0.717) is 15.6 Å². The van der Waals surface area contributed by atoms with Gasteiger partial charge in [-0.15, -0.1) is 0 Å². The average molecular weight is 332 g/mol. The summed E-state index contributed by atoms with van der Waals surface area (Å²) in [6, 6.07) is 10.1. The molecule has 0 saturated heterocycles. The van der Waals surface area contributed by atoms with Gasteiger partial charge in [-0.25, -0.2) is 4.39 Å². The Hall–Kier alpha value is -1.94. The maximum Gasteiger partial charge on any atom is 0.195 e. The van der Waals surface area contributed by atoms with Crippen molar-refractivity contribution in [1.29, 1.82) is 0 Å². The van der Waals surface area contributed by atoms with E-state index in [1.54, 1.807) is 6.20 Å². The predicted molar refractivity (Wildman–Crippen MR) is 80.6 cm³/mol. The lowest BCUT2D eigenvalue weighted by Gasteiger charge is -2.03. The number of benzene rings is 2. The fourth-order valence-electron chi connectivity index (χ4n) is 2.34. The Morgan fingerprint density at radius 3 is 2.80 bits per heavy atom. The van der Waals surface area contributed by atoms with Crippen molar-refractivity contribution in [1.82, 2.24) is 4.98 Å².